The van der Waals surface area contributed by atoms with Crippen molar-refractivity contribution in [2.75, 3.05) is 7.05 Å². The Labute approximate surface area is 157 Å². The second kappa shape index (κ2) is 11.2. The molecule has 0 heterocycles. The van der Waals surface area contributed by atoms with Gasteiger partial charge < -0.3 is 16.2 Å². The van der Waals surface area contributed by atoms with E-state index in [-0.39, 0.29) is 23.1 Å². The molecule has 0 bridgehead atoms. The van der Waals surface area contributed by atoms with Crippen LogP contribution in [-0.4, -0.2) is 24.4 Å². The smallest absolute Gasteiger partial charge is 0.416 e. The topological polar surface area (TPSA) is 58.3 Å². The standard InChI is InChI=1S/C12H18F3N.C8H8FNO/c1-5-10(12(13,14)15)8-7-9(3)11(6-2)16-4;1-5(10)7-4-6(9)2-3-8(7)11/h5,7-8,11,16H,1,6H2,2-4H3;2-4,11H,1,10H2/b9-7+,10-8+;. The van der Waals surface area contributed by atoms with E-state index in [0.717, 1.165) is 36.3 Å². The summed E-state index contributed by atoms with van der Waals surface area (Å²) >= 11 is 0. The number of aromatic hydroxyl groups is 1. The number of likely N-dealkylation sites (N-methyl/N-ethyl adjacent to an activating group) is 1. The van der Waals surface area contributed by atoms with E-state index < -0.39 is 17.6 Å². The van der Waals surface area contributed by atoms with Gasteiger partial charge in [0.25, 0.3) is 0 Å². The van der Waals surface area contributed by atoms with Crippen molar-refractivity contribution in [2.45, 2.75) is 32.5 Å². The highest BCUT2D eigenvalue weighted by Crippen LogP contribution is 2.26. The fraction of sp³-hybridized carbons (Fsp3) is 0.300. The van der Waals surface area contributed by atoms with Crippen LogP contribution in [0.1, 0.15) is 25.8 Å². The van der Waals surface area contributed by atoms with Crippen molar-refractivity contribution < 1.29 is 22.7 Å². The molecule has 0 fully saturated rings. The number of hydrogen-bond donors (Lipinski definition) is 3. The lowest BCUT2D eigenvalue weighted by atomic mass is 10.1. The first kappa shape index (κ1) is 24.5. The molecule has 0 aliphatic carbocycles. The predicted molar refractivity (Wildman–Crippen MR) is 103 cm³/mol. The molecule has 0 aromatic heterocycles. The molecule has 0 aliphatic rings. The molecule has 0 saturated carbocycles. The van der Waals surface area contributed by atoms with Crippen LogP contribution in [-0.2, 0) is 0 Å². The average molecular weight is 386 g/mol. The van der Waals surface area contributed by atoms with Crippen LogP contribution < -0.4 is 11.1 Å². The molecule has 1 aromatic rings. The van der Waals surface area contributed by atoms with E-state index in [4.69, 9.17) is 10.8 Å². The predicted octanol–water partition coefficient (Wildman–Crippen LogP) is 5.07. The molecule has 1 unspecified atom stereocenters. The summed E-state index contributed by atoms with van der Waals surface area (Å²) in [7, 11) is 1.79. The number of alkyl halides is 3. The van der Waals surface area contributed by atoms with Gasteiger partial charge in [-0.3, -0.25) is 0 Å². The fourth-order valence-electron chi connectivity index (χ4n) is 2.13. The zero-order chi connectivity index (χ0) is 21.2. The summed E-state index contributed by atoms with van der Waals surface area (Å²) in [4.78, 5) is 0. The number of phenols is 1. The number of allylic oxidation sites excluding steroid dienone is 4. The van der Waals surface area contributed by atoms with Crippen molar-refractivity contribution in [3.05, 3.63) is 72.1 Å². The van der Waals surface area contributed by atoms with Crippen LogP contribution in [0.25, 0.3) is 5.70 Å². The number of nitrogens with two attached hydrogens (primary N) is 1. The number of hydrogen-bond acceptors (Lipinski definition) is 3. The molecule has 0 saturated heterocycles. The second-order valence-corrected chi connectivity index (χ2v) is 5.67. The maximum atomic E-state index is 12.5. The largest absolute Gasteiger partial charge is 0.507 e. The molecule has 1 atom stereocenters. The lowest BCUT2D eigenvalue weighted by molar-refractivity contribution is -0.0881. The Morgan fingerprint density at radius 3 is 2.30 bits per heavy atom. The molecule has 0 spiro atoms. The van der Waals surface area contributed by atoms with Gasteiger partial charge >= 0.3 is 6.18 Å². The van der Waals surface area contributed by atoms with Crippen LogP contribution in [0.4, 0.5) is 17.6 Å². The Balaban J connectivity index is 0.000000533. The van der Waals surface area contributed by atoms with Crippen molar-refractivity contribution in [1.29, 1.82) is 0 Å². The van der Waals surface area contributed by atoms with Gasteiger partial charge in [0.15, 0.2) is 0 Å². The van der Waals surface area contributed by atoms with Gasteiger partial charge in [-0.25, -0.2) is 4.39 Å². The maximum absolute atomic E-state index is 12.5. The number of rotatable bonds is 6. The van der Waals surface area contributed by atoms with Crippen LogP contribution in [0.15, 0.2) is 60.7 Å². The minimum atomic E-state index is -4.33. The summed E-state index contributed by atoms with van der Waals surface area (Å²) in [6, 6.07) is 3.64. The number of halogens is 4. The van der Waals surface area contributed by atoms with E-state index in [0.29, 0.717) is 0 Å². The summed E-state index contributed by atoms with van der Waals surface area (Å²) in [5.74, 6) is -0.497. The molecule has 3 nitrogen and oxygen atoms in total. The van der Waals surface area contributed by atoms with E-state index in [1.165, 1.54) is 12.1 Å². The number of phenolic OH excluding ortho intramolecular Hbond substituents is 1. The fourth-order valence-corrected chi connectivity index (χ4v) is 2.13. The Bertz CT molecular complexity index is 702. The van der Waals surface area contributed by atoms with E-state index in [2.05, 4.69) is 18.5 Å². The molecule has 1 rings (SSSR count). The molecule has 7 heteroatoms. The van der Waals surface area contributed by atoms with Crippen molar-refractivity contribution >= 4 is 5.70 Å². The minimum Gasteiger partial charge on any atom is -0.507 e. The zero-order valence-corrected chi connectivity index (χ0v) is 15.7. The van der Waals surface area contributed by atoms with Crippen LogP contribution in [0.2, 0.25) is 0 Å². The molecular formula is C20H26F4N2O. The number of nitrogens with one attached hydrogen (secondary N) is 1. The van der Waals surface area contributed by atoms with Gasteiger partial charge in [0.2, 0.25) is 0 Å². The normalized spacial score (nSPS) is 13.4. The third-order valence-corrected chi connectivity index (χ3v) is 3.68. The molecule has 0 radical (unpaired) electrons. The van der Waals surface area contributed by atoms with Crippen molar-refractivity contribution in [3.63, 3.8) is 0 Å². The van der Waals surface area contributed by atoms with Crippen LogP contribution in [0, 0.1) is 5.82 Å². The van der Waals surface area contributed by atoms with Crippen molar-refractivity contribution in [1.82, 2.24) is 5.32 Å². The summed E-state index contributed by atoms with van der Waals surface area (Å²) in [5, 5.41) is 12.1. The highest BCUT2D eigenvalue weighted by Gasteiger charge is 2.30. The Hall–Kier alpha value is -2.54. The summed E-state index contributed by atoms with van der Waals surface area (Å²) in [6.07, 6.45) is -0.135. The molecular weight excluding hydrogens is 360 g/mol. The first-order valence-electron chi connectivity index (χ1n) is 8.16. The molecule has 27 heavy (non-hydrogen) atoms. The summed E-state index contributed by atoms with van der Waals surface area (Å²) in [5.41, 5.74) is 5.80. The van der Waals surface area contributed by atoms with Crippen molar-refractivity contribution in [3.8, 4) is 5.75 Å². The minimum absolute atomic E-state index is 0.0566. The number of benzene rings is 1. The van der Waals surface area contributed by atoms with Crippen LogP contribution in [0.3, 0.4) is 0 Å². The average Bonchev–Trinajstić information content (AvgIpc) is 2.58. The van der Waals surface area contributed by atoms with E-state index in [1.54, 1.807) is 14.0 Å². The highest BCUT2D eigenvalue weighted by atomic mass is 19.4. The van der Waals surface area contributed by atoms with Gasteiger partial charge in [0, 0.05) is 17.3 Å². The molecule has 4 N–H and O–H groups in total. The first-order chi connectivity index (χ1) is 12.5. The Morgan fingerprint density at radius 2 is 1.93 bits per heavy atom. The van der Waals surface area contributed by atoms with E-state index in [9.17, 15) is 17.6 Å². The molecule has 0 aliphatic heterocycles. The second-order valence-electron chi connectivity index (χ2n) is 5.67. The third kappa shape index (κ3) is 8.59. The van der Waals surface area contributed by atoms with Crippen LogP contribution in [0.5, 0.6) is 5.75 Å². The summed E-state index contributed by atoms with van der Waals surface area (Å²) < 4.78 is 49.6. The third-order valence-electron chi connectivity index (χ3n) is 3.68. The zero-order valence-electron chi connectivity index (χ0n) is 15.7. The lowest BCUT2D eigenvalue weighted by Crippen LogP contribution is -2.25. The van der Waals surface area contributed by atoms with Crippen molar-refractivity contribution in [2.24, 2.45) is 5.73 Å². The lowest BCUT2D eigenvalue weighted by Gasteiger charge is -2.14. The molecule has 150 valence electrons. The van der Waals surface area contributed by atoms with Gasteiger partial charge in [-0.05, 0) is 38.6 Å². The van der Waals surface area contributed by atoms with E-state index >= 15 is 0 Å². The molecule has 0 amide bonds. The van der Waals surface area contributed by atoms with Gasteiger partial charge in [-0.15, -0.1) is 0 Å². The van der Waals surface area contributed by atoms with Gasteiger partial charge in [-0.2, -0.15) is 13.2 Å². The van der Waals surface area contributed by atoms with Gasteiger partial charge in [0.05, 0.1) is 5.57 Å². The van der Waals surface area contributed by atoms with Gasteiger partial charge in [0.1, 0.15) is 11.6 Å². The maximum Gasteiger partial charge on any atom is 0.416 e. The Kier molecular flexibility index (Phi) is 10.2. The van der Waals surface area contributed by atoms with Crippen LogP contribution >= 0.6 is 0 Å². The summed E-state index contributed by atoms with van der Waals surface area (Å²) in [6.45, 7) is 10.3. The Morgan fingerprint density at radius 1 is 1.33 bits per heavy atom. The SMILES string of the molecule is C=C(N)c1cc(F)ccc1O.C=C/C(=C\C=C(/C)C(CC)NC)C(F)(F)F. The monoisotopic (exact) mass is 386 g/mol. The highest BCUT2D eigenvalue weighted by molar-refractivity contribution is 5.65. The molecule has 1 aromatic carbocycles. The quantitative estimate of drug-likeness (QED) is 0.473. The first-order valence-corrected chi connectivity index (χ1v) is 8.16. The van der Waals surface area contributed by atoms with E-state index in [1.807, 2.05) is 6.92 Å². The van der Waals surface area contributed by atoms with Gasteiger partial charge in [-0.1, -0.05) is 43.9 Å².